The lowest BCUT2D eigenvalue weighted by Gasteiger charge is -2.34. The Kier molecular flexibility index (Phi) is 12.8. The molecule has 25 heavy (non-hydrogen) atoms. The minimum atomic E-state index is -0.605. The maximum atomic E-state index is 14.2. The zero-order valence-electron chi connectivity index (χ0n) is 14.5. The molecule has 1 aromatic carbocycles. The first-order chi connectivity index (χ1) is 11.2. The van der Waals surface area contributed by atoms with E-state index in [4.69, 9.17) is 4.74 Å². The normalized spacial score (nSPS) is 15.6. The molecule has 0 aromatic heterocycles. The third-order valence-corrected chi connectivity index (χ3v) is 3.89. The van der Waals surface area contributed by atoms with Gasteiger partial charge in [0.2, 0.25) is 5.91 Å². The number of rotatable bonds is 8. The van der Waals surface area contributed by atoms with E-state index in [1.165, 1.54) is 6.07 Å². The van der Waals surface area contributed by atoms with Crippen molar-refractivity contribution < 1.29 is 13.9 Å². The second-order valence-electron chi connectivity index (χ2n) is 5.61. The molecule has 8 heteroatoms. The zero-order valence-corrected chi connectivity index (χ0v) is 16.1. The van der Waals surface area contributed by atoms with Crippen LogP contribution in [0.25, 0.3) is 0 Å². The minimum Gasteiger partial charge on any atom is -0.379 e. The van der Waals surface area contributed by atoms with Gasteiger partial charge in [0.15, 0.2) is 0 Å². The Morgan fingerprint density at radius 2 is 1.88 bits per heavy atom. The van der Waals surface area contributed by atoms with Gasteiger partial charge < -0.3 is 15.4 Å². The first-order valence-corrected chi connectivity index (χ1v) is 8.28. The number of ether oxygens (including phenoxy) is 1. The highest BCUT2D eigenvalue weighted by Crippen LogP contribution is 2.24. The number of nitrogens with one attached hydrogen (secondary N) is 2. The Labute approximate surface area is 161 Å². The number of morpholine rings is 1. The van der Waals surface area contributed by atoms with Crippen LogP contribution in [-0.2, 0) is 9.53 Å². The van der Waals surface area contributed by atoms with Gasteiger partial charge in [0.05, 0.1) is 13.2 Å². The Bertz CT molecular complexity index is 503. The van der Waals surface area contributed by atoms with Crippen molar-refractivity contribution in [3.05, 3.63) is 35.6 Å². The van der Waals surface area contributed by atoms with E-state index in [0.717, 1.165) is 13.0 Å². The van der Waals surface area contributed by atoms with Gasteiger partial charge in [0.1, 0.15) is 11.9 Å². The first-order valence-electron chi connectivity index (χ1n) is 8.28. The number of halogens is 3. The highest BCUT2D eigenvalue weighted by atomic mass is 35.5. The molecule has 5 nitrogen and oxygen atoms in total. The van der Waals surface area contributed by atoms with Crippen LogP contribution in [0, 0.1) is 5.82 Å². The van der Waals surface area contributed by atoms with Gasteiger partial charge in [0.25, 0.3) is 0 Å². The second-order valence-corrected chi connectivity index (χ2v) is 5.61. The van der Waals surface area contributed by atoms with Crippen molar-refractivity contribution >= 4 is 30.7 Å². The number of hydrogen-bond donors (Lipinski definition) is 2. The highest BCUT2D eigenvalue weighted by Gasteiger charge is 2.30. The molecule has 1 aromatic rings. The van der Waals surface area contributed by atoms with Crippen LogP contribution in [0.3, 0.4) is 0 Å². The minimum absolute atomic E-state index is 0. The number of amides is 1. The summed E-state index contributed by atoms with van der Waals surface area (Å²) in [6.45, 7) is 6.66. The first kappa shape index (κ1) is 24.1. The molecule has 1 fully saturated rings. The van der Waals surface area contributed by atoms with Gasteiger partial charge in [-0.2, -0.15) is 0 Å². The molecule has 1 atom stereocenters. The van der Waals surface area contributed by atoms with Crippen LogP contribution in [0.5, 0.6) is 0 Å². The molecular weight excluding hydrogens is 368 g/mol. The topological polar surface area (TPSA) is 53.6 Å². The van der Waals surface area contributed by atoms with Gasteiger partial charge >= 0.3 is 0 Å². The number of hydrogen-bond acceptors (Lipinski definition) is 4. The van der Waals surface area contributed by atoms with Crippen molar-refractivity contribution in [2.24, 2.45) is 0 Å². The number of carbonyl (C=O) groups is 1. The molecule has 2 N–H and O–H groups in total. The summed E-state index contributed by atoms with van der Waals surface area (Å²) in [5.74, 6) is -0.501. The third kappa shape index (κ3) is 7.46. The Balaban J connectivity index is 0.00000288. The van der Waals surface area contributed by atoms with Crippen LogP contribution in [0.1, 0.15) is 24.9 Å². The summed E-state index contributed by atoms with van der Waals surface area (Å²) in [6.07, 6.45) is 1.06. The van der Waals surface area contributed by atoms with E-state index < -0.39 is 6.04 Å². The Hall–Kier alpha value is -0.920. The fraction of sp³-hybridized carbons (Fsp3) is 0.588. The van der Waals surface area contributed by atoms with Gasteiger partial charge in [-0.1, -0.05) is 25.1 Å². The number of benzene rings is 1. The molecule has 144 valence electrons. The van der Waals surface area contributed by atoms with Crippen LogP contribution in [0.2, 0.25) is 0 Å². The van der Waals surface area contributed by atoms with E-state index in [2.05, 4.69) is 17.6 Å². The van der Waals surface area contributed by atoms with E-state index in [1.807, 2.05) is 4.90 Å². The SMILES string of the molecule is CCCNCCNC(=O)C(c1ccccc1F)N1CCOCC1.Cl.Cl. The lowest BCUT2D eigenvalue weighted by molar-refractivity contribution is -0.128. The van der Waals surface area contributed by atoms with E-state index in [-0.39, 0.29) is 36.5 Å². The standard InChI is InChI=1S/C17H26FN3O2.2ClH/c1-2-7-19-8-9-20-17(22)16(21-10-12-23-13-11-21)14-5-3-4-6-15(14)18;;/h3-6,16,19H,2,7-13H2,1H3,(H,20,22);2*1H. The van der Waals surface area contributed by atoms with Gasteiger partial charge in [0, 0.05) is 31.7 Å². The van der Waals surface area contributed by atoms with E-state index in [1.54, 1.807) is 18.2 Å². The van der Waals surface area contributed by atoms with Crippen molar-refractivity contribution in [1.82, 2.24) is 15.5 Å². The van der Waals surface area contributed by atoms with E-state index in [9.17, 15) is 9.18 Å². The van der Waals surface area contributed by atoms with Crippen molar-refractivity contribution in [1.29, 1.82) is 0 Å². The molecule has 0 aliphatic carbocycles. The molecule has 1 saturated heterocycles. The van der Waals surface area contributed by atoms with Gasteiger partial charge in [-0.3, -0.25) is 9.69 Å². The molecule has 1 heterocycles. The van der Waals surface area contributed by atoms with Crippen molar-refractivity contribution in [3.8, 4) is 0 Å². The van der Waals surface area contributed by atoms with Crippen LogP contribution in [0.15, 0.2) is 24.3 Å². The monoisotopic (exact) mass is 395 g/mol. The molecule has 0 bridgehead atoms. The Morgan fingerprint density at radius 1 is 1.20 bits per heavy atom. The lowest BCUT2D eigenvalue weighted by Crippen LogP contribution is -2.47. The summed E-state index contributed by atoms with van der Waals surface area (Å²) in [6, 6.07) is 5.89. The average Bonchev–Trinajstić information content (AvgIpc) is 2.58. The van der Waals surface area contributed by atoms with Crippen LogP contribution >= 0.6 is 24.8 Å². The molecule has 2 rings (SSSR count). The molecule has 0 radical (unpaired) electrons. The summed E-state index contributed by atoms with van der Waals surface area (Å²) in [7, 11) is 0. The molecule has 1 aliphatic rings. The largest absolute Gasteiger partial charge is 0.379 e. The fourth-order valence-electron chi connectivity index (χ4n) is 2.71. The Morgan fingerprint density at radius 3 is 2.52 bits per heavy atom. The molecule has 0 spiro atoms. The zero-order chi connectivity index (χ0) is 16.5. The van der Waals surface area contributed by atoms with Crippen molar-refractivity contribution in [2.45, 2.75) is 19.4 Å². The molecule has 1 amide bonds. The maximum absolute atomic E-state index is 14.2. The summed E-state index contributed by atoms with van der Waals surface area (Å²) < 4.78 is 19.5. The number of carbonyl (C=O) groups excluding carboxylic acids is 1. The maximum Gasteiger partial charge on any atom is 0.242 e. The molecule has 0 saturated carbocycles. The molecule has 1 unspecified atom stereocenters. The van der Waals surface area contributed by atoms with Crippen LogP contribution in [0.4, 0.5) is 4.39 Å². The smallest absolute Gasteiger partial charge is 0.242 e. The van der Waals surface area contributed by atoms with Crippen LogP contribution in [-0.4, -0.2) is 56.7 Å². The summed E-state index contributed by atoms with van der Waals surface area (Å²) in [5, 5.41) is 6.15. The fourth-order valence-corrected chi connectivity index (χ4v) is 2.71. The summed E-state index contributed by atoms with van der Waals surface area (Å²) in [5.41, 5.74) is 0.424. The summed E-state index contributed by atoms with van der Waals surface area (Å²) in [4.78, 5) is 14.6. The molecule has 1 aliphatic heterocycles. The van der Waals surface area contributed by atoms with E-state index >= 15 is 0 Å². The van der Waals surface area contributed by atoms with Gasteiger partial charge in [-0.25, -0.2) is 4.39 Å². The number of nitrogens with zero attached hydrogens (tertiary/aromatic N) is 1. The van der Waals surface area contributed by atoms with Crippen molar-refractivity contribution in [2.75, 3.05) is 45.9 Å². The molecular formula is C17H28Cl2FN3O2. The second kappa shape index (κ2) is 13.3. The highest BCUT2D eigenvalue weighted by molar-refractivity contribution is 5.85. The van der Waals surface area contributed by atoms with Gasteiger partial charge in [-0.15, -0.1) is 24.8 Å². The third-order valence-electron chi connectivity index (χ3n) is 3.89. The predicted octanol–water partition coefficient (Wildman–Crippen LogP) is 2.16. The quantitative estimate of drug-likeness (QED) is 0.662. The lowest BCUT2D eigenvalue weighted by atomic mass is 10.0. The van der Waals surface area contributed by atoms with Gasteiger partial charge in [-0.05, 0) is 19.0 Å². The predicted molar refractivity (Wildman–Crippen MR) is 102 cm³/mol. The van der Waals surface area contributed by atoms with Crippen molar-refractivity contribution in [3.63, 3.8) is 0 Å². The average molecular weight is 396 g/mol. The van der Waals surface area contributed by atoms with E-state index in [0.29, 0.717) is 45.0 Å². The van der Waals surface area contributed by atoms with Crippen LogP contribution < -0.4 is 10.6 Å². The summed E-state index contributed by atoms with van der Waals surface area (Å²) >= 11 is 0.